The Morgan fingerprint density at radius 3 is 2.68 bits per heavy atom. The minimum Gasteiger partial charge on any atom is -0.467 e. The molecule has 176 valence electrons. The predicted molar refractivity (Wildman–Crippen MR) is 123 cm³/mol. The van der Waals surface area contributed by atoms with Gasteiger partial charge in [0.1, 0.15) is 17.0 Å². The molecule has 1 atom stereocenters. The normalized spacial score (nSPS) is 19.6. The summed E-state index contributed by atoms with van der Waals surface area (Å²) in [5, 5.41) is 6.24. The van der Waals surface area contributed by atoms with Gasteiger partial charge >= 0.3 is 0 Å². The zero-order valence-electron chi connectivity index (χ0n) is 18.6. The number of imidazole rings is 1. The number of furan rings is 1. The molecular weight excluding hydrogens is 458 g/mol. The van der Waals surface area contributed by atoms with Crippen molar-refractivity contribution in [3.8, 4) is 0 Å². The number of carbonyl (C=O) groups excluding carboxylic acids is 3. The Balaban J connectivity index is 1.38. The Morgan fingerprint density at radius 1 is 1.18 bits per heavy atom. The van der Waals surface area contributed by atoms with Gasteiger partial charge in [0.05, 0.1) is 25.7 Å². The first-order chi connectivity index (χ1) is 16.4. The highest BCUT2D eigenvalue weighted by atomic mass is 35.5. The molecule has 0 bridgehead atoms. The second kappa shape index (κ2) is 8.64. The molecule has 2 aromatic heterocycles. The molecule has 1 aliphatic carbocycles. The first kappa shape index (κ1) is 22.2. The topological polar surface area (TPSA) is 109 Å². The van der Waals surface area contributed by atoms with E-state index < -0.39 is 11.4 Å². The quantitative estimate of drug-likeness (QED) is 0.539. The largest absolute Gasteiger partial charge is 0.467 e. The van der Waals surface area contributed by atoms with Gasteiger partial charge < -0.3 is 24.5 Å². The average Bonchev–Trinajstić information content (AvgIpc) is 3.32. The molecule has 1 aliphatic heterocycles. The Morgan fingerprint density at radius 2 is 1.97 bits per heavy atom. The lowest BCUT2D eigenvalue weighted by Crippen LogP contribution is -2.64. The van der Waals surface area contributed by atoms with E-state index >= 15 is 0 Å². The average molecular weight is 482 g/mol. The predicted octanol–water partition coefficient (Wildman–Crippen LogP) is 2.75. The maximum atomic E-state index is 13.6. The first-order valence-corrected chi connectivity index (χ1v) is 11.5. The van der Waals surface area contributed by atoms with E-state index in [9.17, 15) is 14.4 Å². The number of rotatable bonds is 7. The van der Waals surface area contributed by atoms with E-state index in [0.717, 1.165) is 18.4 Å². The van der Waals surface area contributed by atoms with Crippen LogP contribution in [0.1, 0.15) is 52.1 Å². The van der Waals surface area contributed by atoms with Gasteiger partial charge in [0.25, 0.3) is 11.8 Å². The molecule has 0 spiro atoms. The van der Waals surface area contributed by atoms with Gasteiger partial charge in [-0.15, -0.1) is 0 Å². The third-order valence-corrected chi connectivity index (χ3v) is 6.65. The Hall–Kier alpha value is -3.59. The highest BCUT2D eigenvalue weighted by molar-refractivity contribution is 6.31. The van der Waals surface area contributed by atoms with Crippen LogP contribution in [0.3, 0.4) is 0 Å². The Labute approximate surface area is 201 Å². The van der Waals surface area contributed by atoms with E-state index in [1.54, 1.807) is 34.6 Å². The van der Waals surface area contributed by atoms with Gasteiger partial charge in [-0.1, -0.05) is 29.8 Å². The molecule has 2 N–H and O–H groups in total. The van der Waals surface area contributed by atoms with E-state index in [0.29, 0.717) is 10.8 Å². The maximum Gasteiger partial charge on any atom is 0.274 e. The summed E-state index contributed by atoms with van der Waals surface area (Å²) < 4.78 is 6.83. The van der Waals surface area contributed by atoms with Crippen molar-refractivity contribution in [1.29, 1.82) is 0 Å². The van der Waals surface area contributed by atoms with Crippen molar-refractivity contribution in [3.63, 3.8) is 0 Å². The molecule has 1 fully saturated rings. The summed E-state index contributed by atoms with van der Waals surface area (Å²) in [5.41, 5.74) is -0.101. The van der Waals surface area contributed by atoms with E-state index in [-0.39, 0.29) is 48.9 Å². The second-order valence-electron chi connectivity index (χ2n) is 8.79. The first-order valence-electron chi connectivity index (χ1n) is 11.1. The summed E-state index contributed by atoms with van der Waals surface area (Å²) in [6.45, 7) is 2.38. The van der Waals surface area contributed by atoms with E-state index in [1.165, 1.54) is 12.6 Å². The van der Waals surface area contributed by atoms with Crippen LogP contribution in [0.25, 0.3) is 0 Å². The fraction of sp³-hybridized carbons (Fsp3) is 0.333. The van der Waals surface area contributed by atoms with Gasteiger partial charge in [0.2, 0.25) is 5.91 Å². The molecule has 3 amide bonds. The summed E-state index contributed by atoms with van der Waals surface area (Å²) in [7, 11) is 0. The lowest BCUT2D eigenvalue weighted by molar-refractivity contribution is -0.133. The standard InChI is InChI=1S/C24H24ClN5O4/c1-24(23(33)27-11-15-5-2-3-7-18(15)25)13-29-14-28-19(20(29)22(32)30(24)16-8-9-16)21(31)26-12-17-6-4-10-34-17/h2-7,10,14,16H,8-9,11-13H2,1H3,(H,26,31)(H,27,33)/t24-/m0/s1. The minimum atomic E-state index is -1.13. The van der Waals surface area contributed by atoms with Crippen molar-refractivity contribution >= 4 is 29.3 Å². The van der Waals surface area contributed by atoms with Gasteiger partial charge in [-0.2, -0.15) is 0 Å². The fourth-order valence-corrected chi connectivity index (χ4v) is 4.60. The van der Waals surface area contributed by atoms with Crippen molar-refractivity contribution in [2.24, 2.45) is 0 Å². The molecule has 1 aromatic carbocycles. The van der Waals surface area contributed by atoms with Crippen LogP contribution in [0, 0.1) is 0 Å². The molecular formula is C24H24ClN5O4. The lowest BCUT2D eigenvalue weighted by atomic mass is 9.93. The zero-order chi connectivity index (χ0) is 23.9. The molecule has 3 heterocycles. The summed E-state index contributed by atoms with van der Waals surface area (Å²) >= 11 is 6.23. The van der Waals surface area contributed by atoms with E-state index in [2.05, 4.69) is 15.6 Å². The number of amides is 3. The summed E-state index contributed by atoms with van der Waals surface area (Å²) in [5.74, 6) is -0.531. The van der Waals surface area contributed by atoms with E-state index in [4.69, 9.17) is 16.0 Å². The van der Waals surface area contributed by atoms with Crippen LogP contribution >= 0.6 is 11.6 Å². The van der Waals surface area contributed by atoms with Gasteiger partial charge in [0, 0.05) is 17.6 Å². The molecule has 0 radical (unpaired) electrons. The number of aromatic nitrogens is 2. The van der Waals surface area contributed by atoms with Crippen molar-refractivity contribution in [1.82, 2.24) is 25.1 Å². The van der Waals surface area contributed by atoms with Crippen molar-refractivity contribution < 1.29 is 18.8 Å². The minimum absolute atomic E-state index is 0.0423. The number of fused-ring (bicyclic) bond motifs is 1. The lowest BCUT2D eigenvalue weighted by Gasteiger charge is -2.44. The Kier molecular flexibility index (Phi) is 5.65. The second-order valence-corrected chi connectivity index (χ2v) is 9.19. The maximum absolute atomic E-state index is 13.6. The summed E-state index contributed by atoms with van der Waals surface area (Å²) in [4.78, 5) is 45.7. The van der Waals surface area contributed by atoms with Crippen molar-refractivity contribution in [2.75, 3.05) is 0 Å². The highest BCUT2D eigenvalue weighted by Gasteiger charge is 2.53. The monoisotopic (exact) mass is 481 g/mol. The van der Waals surface area contributed by atoms with Crippen LogP contribution in [-0.4, -0.2) is 43.8 Å². The smallest absolute Gasteiger partial charge is 0.274 e. The highest BCUT2D eigenvalue weighted by Crippen LogP contribution is 2.39. The van der Waals surface area contributed by atoms with Gasteiger partial charge in [0.15, 0.2) is 5.69 Å². The Bertz CT molecular complexity index is 1250. The van der Waals surface area contributed by atoms with Crippen LogP contribution in [0.15, 0.2) is 53.4 Å². The van der Waals surface area contributed by atoms with Crippen LogP contribution < -0.4 is 10.6 Å². The molecule has 34 heavy (non-hydrogen) atoms. The van der Waals surface area contributed by atoms with Crippen molar-refractivity contribution in [2.45, 2.75) is 51.0 Å². The molecule has 0 unspecified atom stereocenters. The number of nitrogens with one attached hydrogen (secondary N) is 2. The molecule has 2 aliphatic rings. The van der Waals surface area contributed by atoms with Crippen LogP contribution in [-0.2, 0) is 24.4 Å². The number of hydrogen-bond acceptors (Lipinski definition) is 5. The van der Waals surface area contributed by atoms with Crippen LogP contribution in [0.2, 0.25) is 5.02 Å². The van der Waals surface area contributed by atoms with Gasteiger partial charge in [-0.3, -0.25) is 14.4 Å². The SMILES string of the molecule is C[C@@]1(C(=O)NCc2ccccc2Cl)Cn2cnc(C(=O)NCc3ccco3)c2C(=O)N1C1CC1. The van der Waals surface area contributed by atoms with E-state index in [1.807, 2.05) is 18.2 Å². The molecule has 9 nitrogen and oxygen atoms in total. The zero-order valence-corrected chi connectivity index (χ0v) is 19.3. The van der Waals surface area contributed by atoms with Crippen LogP contribution in [0.5, 0.6) is 0 Å². The number of carbonyl (C=O) groups is 3. The molecule has 5 rings (SSSR count). The number of hydrogen-bond donors (Lipinski definition) is 2. The molecule has 3 aromatic rings. The molecule has 10 heteroatoms. The number of halogens is 1. The summed E-state index contributed by atoms with van der Waals surface area (Å²) in [6.07, 6.45) is 4.59. The molecule has 0 saturated heterocycles. The van der Waals surface area contributed by atoms with Gasteiger partial charge in [-0.05, 0) is 43.5 Å². The molecule has 1 saturated carbocycles. The van der Waals surface area contributed by atoms with Crippen molar-refractivity contribution in [3.05, 3.63) is 76.7 Å². The number of nitrogens with zero attached hydrogens (tertiary/aromatic N) is 3. The van der Waals surface area contributed by atoms with Gasteiger partial charge in [-0.25, -0.2) is 4.98 Å². The third kappa shape index (κ3) is 3.96. The number of benzene rings is 1. The van der Waals surface area contributed by atoms with Crippen LogP contribution in [0.4, 0.5) is 0 Å². The third-order valence-electron chi connectivity index (χ3n) is 6.29. The summed E-state index contributed by atoms with van der Waals surface area (Å²) in [6, 6.07) is 10.7. The fourth-order valence-electron chi connectivity index (χ4n) is 4.39.